The molecule has 0 aromatic heterocycles. The third kappa shape index (κ3) is 3.70. The van der Waals surface area contributed by atoms with Crippen molar-refractivity contribution in [1.82, 2.24) is 0 Å². The second-order valence-corrected chi connectivity index (χ2v) is 5.82. The summed E-state index contributed by atoms with van der Waals surface area (Å²) < 4.78 is 13.5. The maximum atomic E-state index is 13.5. The number of benzene rings is 2. The van der Waals surface area contributed by atoms with E-state index in [9.17, 15) is 9.18 Å². The molecule has 2 aromatic carbocycles. The number of carbonyl (C=O) groups is 1. The molecule has 2 rings (SSSR count). The van der Waals surface area contributed by atoms with Crippen LogP contribution in [0.5, 0.6) is 0 Å². The zero-order valence-corrected chi connectivity index (χ0v) is 12.5. The Morgan fingerprint density at radius 3 is 2.35 bits per heavy atom. The number of rotatable bonds is 5. The number of aryl methyl sites for hydroxylation is 2. The van der Waals surface area contributed by atoms with Gasteiger partial charge in [0.25, 0.3) is 0 Å². The van der Waals surface area contributed by atoms with E-state index in [1.165, 1.54) is 17.8 Å². The lowest BCUT2D eigenvalue weighted by atomic mass is 9.99. The van der Waals surface area contributed by atoms with Gasteiger partial charge in [-0.05, 0) is 42.7 Å². The van der Waals surface area contributed by atoms with Crippen molar-refractivity contribution in [2.24, 2.45) is 0 Å². The van der Waals surface area contributed by atoms with Gasteiger partial charge in [0, 0.05) is 11.3 Å². The van der Waals surface area contributed by atoms with E-state index < -0.39 is 0 Å². The highest BCUT2D eigenvalue weighted by atomic mass is 32.2. The topological polar surface area (TPSA) is 17.1 Å². The average Bonchev–Trinajstić information content (AvgIpc) is 2.42. The molecule has 1 nitrogen and oxygen atoms in total. The number of carbonyl (C=O) groups excluding carboxylic acids is 1. The summed E-state index contributed by atoms with van der Waals surface area (Å²) in [5.74, 6) is 0.155. The van der Waals surface area contributed by atoms with Gasteiger partial charge < -0.3 is 0 Å². The molecule has 0 bridgehead atoms. The highest BCUT2D eigenvalue weighted by molar-refractivity contribution is 8.00. The molecule has 104 valence electrons. The summed E-state index contributed by atoms with van der Waals surface area (Å²) in [6, 6.07) is 12.6. The van der Waals surface area contributed by atoms with Crippen LogP contribution in [0.1, 0.15) is 16.7 Å². The molecule has 0 amide bonds. The van der Waals surface area contributed by atoms with Gasteiger partial charge in [0.2, 0.25) is 0 Å². The first-order valence-corrected chi connectivity index (χ1v) is 7.50. The van der Waals surface area contributed by atoms with Crippen molar-refractivity contribution in [2.45, 2.75) is 25.2 Å². The van der Waals surface area contributed by atoms with Crippen molar-refractivity contribution in [1.29, 1.82) is 0 Å². The van der Waals surface area contributed by atoms with Gasteiger partial charge in [0.15, 0.2) is 0 Å². The third-order valence-corrected chi connectivity index (χ3v) is 4.35. The van der Waals surface area contributed by atoms with E-state index in [0.717, 1.165) is 16.7 Å². The smallest absolute Gasteiger partial charge is 0.147 e. The number of hydrogen-bond acceptors (Lipinski definition) is 2. The molecular formula is C17H17FOS. The van der Waals surface area contributed by atoms with Gasteiger partial charge in [-0.2, -0.15) is 0 Å². The van der Waals surface area contributed by atoms with Crippen LogP contribution in [0.3, 0.4) is 0 Å². The van der Waals surface area contributed by atoms with Crippen LogP contribution >= 0.6 is 11.8 Å². The van der Waals surface area contributed by atoms with Gasteiger partial charge in [0.1, 0.15) is 11.6 Å². The Morgan fingerprint density at radius 2 is 1.70 bits per heavy atom. The van der Waals surface area contributed by atoms with Crippen LogP contribution in [0.4, 0.5) is 4.39 Å². The molecule has 0 unspecified atom stereocenters. The van der Waals surface area contributed by atoms with Crippen molar-refractivity contribution in [3.05, 3.63) is 65.0 Å². The minimum atomic E-state index is -0.266. The second kappa shape index (κ2) is 6.71. The molecule has 0 fully saturated rings. The molecule has 0 N–H and O–H groups in total. The number of ketones is 1. The summed E-state index contributed by atoms with van der Waals surface area (Å²) in [7, 11) is 0. The van der Waals surface area contributed by atoms with Crippen molar-refractivity contribution in [3.63, 3.8) is 0 Å². The van der Waals surface area contributed by atoms with Gasteiger partial charge in [0.05, 0.1) is 5.75 Å². The predicted octanol–water partition coefficient (Wildman–Crippen LogP) is 4.35. The molecule has 0 aliphatic heterocycles. The van der Waals surface area contributed by atoms with Crippen LogP contribution in [0.2, 0.25) is 0 Å². The van der Waals surface area contributed by atoms with Crippen LogP contribution in [0, 0.1) is 19.7 Å². The molecule has 0 spiro atoms. The standard InChI is InChI=1S/C17H17FOS/c1-12-6-5-7-13(2)15(12)10-14(19)11-20-17-9-4-3-8-16(17)18/h3-9H,10-11H2,1-2H3. The SMILES string of the molecule is Cc1cccc(C)c1CC(=O)CSc1ccccc1F. The van der Waals surface area contributed by atoms with Crippen LogP contribution in [-0.4, -0.2) is 11.5 Å². The molecule has 0 saturated carbocycles. The monoisotopic (exact) mass is 288 g/mol. The molecule has 3 heteroatoms. The minimum Gasteiger partial charge on any atom is -0.298 e. The fraction of sp³-hybridized carbons (Fsp3) is 0.235. The first kappa shape index (κ1) is 14.8. The van der Waals surface area contributed by atoms with Gasteiger partial charge in [-0.3, -0.25) is 4.79 Å². The maximum Gasteiger partial charge on any atom is 0.147 e. The van der Waals surface area contributed by atoms with Crippen LogP contribution in [-0.2, 0) is 11.2 Å². The lowest BCUT2D eigenvalue weighted by Crippen LogP contribution is -2.08. The Morgan fingerprint density at radius 1 is 1.05 bits per heavy atom. The van der Waals surface area contributed by atoms with E-state index in [1.807, 2.05) is 32.0 Å². The van der Waals surface area contributed by atoms with Crippen molar-refractivity contribution in [2.75, 3.05) is 5.75 Å². The number of Topliss-reactive ketones (excluding diaryl/α,β-unsaturated/α-hetero) is 1. The van der Waals surface area contributed by atoms with E-state index in [-0.39, 0.29) is 11.6 Å². The zero-order chi connectivity index (χ0) is 14.5. The Bertz CT molecular complexity index is 602. The molecule has 2 aromatic rings. The summed E-state index contributed by atoms with van der Waals surface area (Å²) in [6.45, 7) is 4.03. The Balaban J connectivity index is 1.98. The van der Waals surface area contributed by atoms with Crippen molar-refractivity contribution < 1.29 is 9.18 Å². The maximum absolute atomic E-state index is 13.5. The van der Waals surface area contributed by atoms with Gasteiger partial charge in [-0.25, -0.2) is 4.39 Å². The van der Waals surface area contributed by atoms with Gasteiger partial charge in [-0.1, -0.05) is 30.3 Å². The molecule has 0 saturated heterocycles. The van der Waals surface area contributed by atoms with Crippen LogP contribution < -0.4 is 0 Å². The third-order valence-electron chi connectivity index (χ3n) is 3.24. The largest absolute Gasteiger partial charge is 0.298 e. The Kier molecular flexibility index (Phi) is 4.96. The van der Waals surface area contributed by atoms with Crippen LogP contribution in [0.15, 0.2) is 47.4 Å². The second-order valence-electron chi connectivity index (χ2n) is 4.80. The normalized spacial score (nSPS) is 10.6. The fourth-order valence-electron chi connectivity index (χ4n) is 2.10. The molecule has 0 aliphatic rings. The van der Waals surface area contributed by atoms with Crippen LogP contribution in [0.25, 0.3) is 0 Å². The molecule has 20 heavy (non-hydrogen) atoms. The summed E-state index contributed by atoms with van der Waals surface area (Å²) in [5.41, 5.74) is 3.36. The molecule has 0 radical (unpaired) electrons. The zero-order valence-electron chi connectivity index (χ0n) is 11.7. The molecular weight excluding hydrogens is 271 g/mol. The van der Waals surface area contributed by atoms with Gasteiger partial charge >= 0.3 is 0 Å². The number of halogens is 1. The molecule has 0 aliphatic carbocycles. The predicted molar refractivity (Wildman–Crippen MR) is 81.8 cm³/mol. The van der Waals surface area contributed by atoms with E-state index >= 15 is 0 Å². The average molecular weight is 288 g/mol. The highest BCUT2D eigenvalue weighted by Crippen LogP contribution is 2.22. The highest BCUT2D eigenvalue weighted by Gasteiger charge is 2.10. The Labute approximate surface area is 123 Å². The molecule has 0 atom stereocenters. The lowest BCUT2D eigenvalue weighted by Gasteiger charge is -2.09. The fourth-order valence-corrected chi connectivity index (χ4v) is 2.90. The minimum absolute atomic E-state index is 0.121. The van der Waals surface area contributed by atoms with E-state index in [4.69, 9.17) is 0 Å². The van der Waals surface area contributed by atoms with E-state index in [1.54, 1.807) is 18.2 Å². The number of hydrogen-bond donors (Lipinski definition) is 0. The van der Waals surface area contributed by atoms with Crippen molar-refractivity contribution >= 4 is 17.5 Å². The summed E-state index contributed by atoms with van der Waals surface area (Å²) in [4.78, 5) is 12.6. The van der Waals surface area contributed by atoms with Crippen molar-refractivity contribution in [3.8, 4) is 0 Å². The first-order chi connectivity index (χ1) is 9.58. The number of thioether (sulfide) groups is 1. The molecule has 0 heterocycles. The summed E-state index contributed by atoms with van der Waals surface area (Å²) in [6.07, 6.45) is 0.417. The quantitative estimate of drug-likeness (QED) is 0.761. The lowest BCUT2D eigenvalue weighted by molar-refractivity contribution is -0.116. The summed E-state index contributed by atoms with van der Waals surface area (Å²) in [5, 5.41) is 0. The summed E-state index contributed by atoms with van der Waals surface area (Å²) >= 11 is 1.26. The van der Waals surface area contributed by atoms with E-state index in [2.05, 4.69) is 0 Å². The van der Waals surface area contributed by atoms with Gasteiger partial charge in [-0.15, -0.1) is 11.8 Å². The van der Waals surface area contributed by atoms with E-state index in [0.29, 0.717) is 17.1 Å². The first-order valence-electron chi connectivity index (χ1n) is 6.52. The Hall–Kier alpha value is -1.61.